The summed E-state index contributed by atoms with van der Waals surface area (Å²) in [5, 5.41) is 0.872. The van der Waals surface area contributed by atoms with Crippen molar-refractivity contribution in [2.24, 2.45) is 0 Å². The molecule has 0 spiro atoms. The summed E-state index contributed by atoms with van der Waals surface area (Å²) in [6, 6.07) is 19.7. The Labute approximate surface area is 216 Å². The third kappa shape index (κ3) is 6.07. The molecule has 0 bridgehead atoms. The number of carbonyl (C=O) groups excluding carboxylic acids is 2. The molecule has 3 aromatic rings. The second-order valence-corrected chi connectivity index (χ2v) is 9.47. The Morgan fingerprint density at radius 2 is 1.56 bits per heavy atom. The maximum absolute atomic E-state index is 12.7. The van der Waals surface area contributed by atoms with Gasteiger partial charge in [0, 0.05) is 5.02 Å². The van der Waals surface area contributed by atoms with Crippen LogP contribution in [-0.2, 0) is 11.4 Å². The standard InChI is InChI=1S/C25H18Cl3NO4S/c26-18-8-6-16(7-9-18)15-33-23-20(27)12-17(13-21(23)28)14-22-24(30)29(25(31)34-22)10-11-32-19-4-2-1-3-5-19/h1-9,12-14H,10-11,15H2/b22-14-. The smallest absolute Gasteiger partial charge is 0.293 e. The number of para-hydroxylation sites is 1. The summed E-state index contributed by atoms with van der Waals surface area (Å²) in [4.78, 5) is 26.5. The van der Waals surface area contributed by atoms with E-state index >= 15 is 0 Å². The Hall–Kier alpha value is -2.64. The van der Waals surface area contributed by atoms with E-state index in [4.69, 9.17) is 44.3 Å². The molecule has 4 rings (SSSR count). The van der Waals surface area contributed by atoms with Gasteiger partial charge in [-0.2, -0.15) is 0 Å². The number of imide groups is 1. The number of halogens is 3. The fourth-order valence-corrected chi connectivity index (χ4v) is 4.76. The SMILES string of the molecule is O=C1S/C(=C\c2cc(Cl)c(OCc3ccc(Cl)cc3)c(Cl)c2)C(=O)N1CCOc1ccccc1. The molecule has 1 heterocycles. The van der Waals surface area contributed by atoms with Crippen molar-refractivity contribution in [2.75, 3.05) is 13.2 Å². The maximum Gasteiger partial charge on any atom is 0.293 e. The number of hydrogen-bond donors (Lipinski definition) is 0. The van der Waals surface area contributed by atoms with E-state index in [-0.39, 0.29) is 35.8 Å². The molecular weight excluding hydrogens is 517 g/mol. The first-order valence-corrected chi connectivity index (χ1v) is 12.2. The Morgan fingerprint density at radius 1 is 0.882 bits per heavy atom. The summed E-state index contributed by atoms with van der Waals surface area (Å²) in [5.41, 5.74) is 1.49. The number of carbonyl (C=O) groups is 2. The van der Waals surface area contributed by atoms with Crippen LogP contribution in [0.25, 0.3) is 6.08 Å². The normalized spacial score (nSPS) is 14.7. The summed E-state index contributed by atoms with van der Waals surface area (Å²) >= 11 is 19.5. The van der Waals surface area contributed by atoms with Crippen LogP contribution in [-0.4, -0.2) is 29.2 Å². The summed E-state index contributed by atoms with van der Waals surface area (Å²) in [6.07, 6.45) is 1.59. The Balaban J connectivity index is 1.41. The van der Waals surface area contributed by atoms with Crippen LogP contribution in [0, 0.1) is 0 Å². The van der Waals surface area contributed by atoms with Crippen LogP contribution in [0.5, 0.6) is 11.5 Å². The number of hydrogen-bond acceptors (Lipinski definition) is 5. The fraction of sp³-hybridized carbons (Fsp3) is 0.120. The monoisotopic (exact) mass is 533 g/mol. The topological polar surface area (TPSA) is 55.8 Å². The average molecular weight is 535 g/mol. The van der Waals surface area contributed by atoms with Crippen molar-refractivity contribution >= 4 is 63.8 Å². The zero-order valence-electron chi connectivity index (χ0n) is 17.7. The molecule has 0 unspecified atom stereocenters. The minimum absolute atomic E-state index is 0.149. The third-order valence-corrected chi connectivity index (χ3v) is 6.54. The van der Waals surface area contributed by atoms with Crippen LogP contribution >= 0.6 is 46.6 Å². The van der Waals surface area contributed by atoms with Crippen LogP contribution in [0.3, 0.4) is 0 Å². The van der Waals surface area contributed by atoms with Crippen molar-refractivity contribution in [3.63, 3.8) is 0 Å². The van der Waals surface area contributed by atoms with Crippen molar-refractivity contribution in [1.29, 1.82) is 0 Å². The van der Waals surface area contributed by atoms with Crippen LogP contribution in [0.1, 0.15) is 11.1 Å². The van der Waals surface area contributed by atoms with Crippen LogP contribution < -0.4 is 9.47 Å². The molecule has 5 nitrogen and oxygen atoms in total. The van der Waals surface area contributed by atoms with Crippen LogP contribution in [0.4, 0.5) is 4.79 Å². The lowest BCUT2D eigenvalue weighted by Crippen LogP contribution is -2.32. The molecule has 0 aliphatic carbocycles. The highest BCUT2D eigenvalue weighted by molar-refractivity contribution is 8.18. The van der Waals surface area contributed by atoms with E-state index in [2.05, 4.69) is 0 Å². The summed E-state index contributed by atoms with van der Waals surface area (Å²) in [7, 11) is 0. The molecule has 2 amide bonds. The zero-order valence-corrected chi connectivity index (χ0v) is 20.8. The third-order valence-electron chi connectivity index (χ3n) is 4.82. The first kappa shape index (κ1) is 24.5. The summed E-state index contributed by atoms with van der Waals surface area (Å²) < 4.78 is 11.4. The van der Waals surface area contributed by atoms with Gasteiger partial charge in [-0.1, -0.05) is 65.1 Å². The molecule has 0 saturated carbocycles. The molecule has 1 aliphatic heterocycles. The van der Waals surface area contributed by atoms with Crippen molar-refractivity contribution < 1.29 is 19.1 Å². The molecule has 0 aromatic heterocycles. The Kier molecular flexibility index (Phi) is 8.06. The van der Waals surface area contributed by atoms with Gasteiger partial charge in [-0.25, -0.2) is 0 Å². The van der Waals surface area contributed by atoms with E-state index < -0.39 is 0 Å². The highest BCUT2D eigenvalue weighted by atomic mass is 35.5. The largest absolute Gasteiger partial charge is 0.492 e. The molecule has 34 heavy (non-hydrogen) atoms. The first-order valence-electron chi connectivity index (χ1n) is 10.2. The maximum atomic E-state index is 12.7. The quantitative estimate of drug-likeness (QED) is 0.283. The Morgan fingerprint density at radius 3 is 2.24 bits per heavy atom. The predicted octanol–water partition coefficient (Wildman–Crippen LogP) is 7.34. The van der Waals surface area contributed by atoms with Crippen LogP contribution in [0.15, 0.2) is 71.6 Å². The van der Waals surface area contributed by atoms with E-state index in [0.717, 1.165) is 22.2 Å². The minimum Gasteiger partial charge on any atom is -0.492 e. The van der Waals surface area contributed by atoms with E-state index in [1.54, 1.807) is 30.3 Å². The van der Waals surface area contributed by atoms with E-state index in [0.29, 0.717) is 32.1 Å². The lowest BCUT2D eigenvalue weighted by atomic mass is 10.2. The van der Waals surface area contributed by atoms with Gasteiger partial charge < -0.3 is 9.47 Å². The van der Waals surface area contributed by atoms with Crippen molar-refractivity contribution in [1.82, 2.24) is 4.90 Å². The fourth-order valence-electron chi connectivity index (χ4n) is 3.15. The molecular formula is C25H18Cl3NO4S. The Bertz CT molecular complexity index is 1210. The molecule has 0 atom stereocenters. The van der Waals surface area contributed by atoms with Crippen molar-refractivity contribution in [3.8, 4) is 11.5 Å². The van der Waals surface area contributed by atoms with Gasteiger partial charge in [0.15, 0.2) is 5.75 Å². The van der Waals surface area contributed by atoms with E-state index in [1.807, 2.05) is 42.5 Å². The second kappa shape index (κ2) is 11.2. The highest BCUT2D eigenvalue weighted by Gasteiger charge is 2.34. The van der Waals surface area contributed by atoms with Gasteiger partial charge in [0.05, 0.1) is 21.5 Å². The van der Waals surface area contributed by atoms with Gasteiger partial charge in [-0.3, -0.25) is 14.5 Å². The highest BCUT2D eigenvalue weighted by Crippen LogP contribution is 2.37. The summed E-state index contributed by atoms with van der Waals surface area (Å²) in [5.74, 6) is 0.622. The number of amides is 2. The molecule has 1 aliphatic rings. The second-order valence-electron chi connectivity index (χ2n) is 7.22. The minimum atomic E-state index is -0.387. The van der Waals surface area contributed by atoms with Crippen LogP contribution in [0.2, 0.25) is 15.1 Å². The van der Waals surface area contributed by atoms with Crippen molar-refractivity contribution in [2.45, 2.75) is 6.61 Å². The molecule has 1 fully saturated rings. The van der Waals surface area contributed by atoms with E-state index in [1.165, 1.54) is 0 Å². The molecule has 1 saturated heterocycles. The molecule has 0 N–H and O–H groups in total. The van der Waals surface area contributed by atoms with E-state index in [9.17, 15) is 9.59 Å². The number of nitrogens with zero attached hydrogens (tertiary/aromatic N) is 1. The lowest BCUT2D eigenvalue weighted by molar-refractivity contribution is -0.123. The predicted molar refractivity (Wildman–Crippen MR) is 137 cm³/mol. The van der Waals surface area contributed by atoms with Crippen molar-refractivity contribution in [3.05, 3.63) is 97.8 Å². The summed E-state index contributed by atoms with van der Waals surface area (Å²) in [6.45, 7) is 0.614. The average Bonchev–Trinajstić information content (AvgIpc) is 3.07. The first-order chi connectivity index (χ1) is 16.4. The molecule has 3 aromatic carbocycles. The molecule has 0 radical (unpaired) electrons. The number of rotatable bonds is 8. The van der Waals surface area contributed by atoms with Gasteiger partial charge in [-0.15, -0.1) is 0 Å². The molecule has 9 heteroatoms. The number of ether oxygens (including phenoxy) is 2. The van der Waals surface area contributed by atoms with Gasteiger partial charge in [0.1, 0.15) is 19.0 Å². The lowest BCUT2D eigenvalue weighted by Gasteiger charge is -2.13. The number of thioether (sulfide) groups is 1. The number of benzene rings is 3. The van der Waals surface area contributed by atoms with Gasteiger partial charge in [0.2, 0.25) is 0 Å². The van der Waals surface area contributed by atoms with Gasteiger partial charge in [0.25, 0.3) is 11.1 Å². The molecule has 174 valence electrons. The zero-order chi connectivity index (χ0) is 24.1. The van der Waals surface area contributed by atoms with Gasteiger partial charge >= 0.3 is 0 Å². The van der Waals surface area contributed by atoms with Gasteiger partial charge in [-0.05, 0) is 65.4 Å².